The van der Waals surface area contributed by atoms with Gasteiger partial charge in [0.1, 0.15) is 5.75 Å². The average molecular weight is 292 g/mol. The van der Waals surface area contributed by atoms with E-state index in [1.54, 1.807) is 0 Å². The standard InChI is InChI=1S/C17H28N2O2/c1-11(2)14(5)19-17(20)10-21-16-7-6-12(3)8-15(16)9-13(4)18/h6-8,11,13-14H,9-10,18H2,1-5H3,(H,19,20). The SMILES string of the molecule is Cc1ccc(OCC(=O)NC(C)C(C)C)c(CC(C)N)c1. The largest absolute Gasteiger partial charge is 0.483 e. The van der Waals surface area contributed by atoms with E-state index in [4.69, 9.17) is 10.5 Å². The summed E-state index contributed by atoms with van der Waals surface area (Å²) in [6, 6.07) is 6.15. The number of rotatable bonds is 7. The first-order valence-electron chi connectivity index (χ1n) is 7.57. The summed E-state index contributed by atoms with van der Waals surface area (Å²) in [7, 11) is 0. The first-order valence-corrected chi connectivity index (χ1v) is 7.57. The minimum absolute atomic E-state index is 0.0338. The fourth-order valence-electron chi connectivity index (χ4n) is 1.96. The minimum Gasteiger partial charge on any atom is -0.483 e. The third-order valence-corrected chi connectivity index (χ3v) is 3.51. The highest BCUT2D eigenvalue weighted by atomic mass is 16.5. The molecular weight excluding hydrogens is 264 g/mol. The van der Waals surface area contributed by atoms with Gasteiger partial charge in [-0.3, -0.25) is 4.79 Å². The number of hydrogen-bond donors (Lipinski definition) is 2. The van der Waals surface area contributed by atoms with Gasteiger partial charge in [-0.2, -0.15) is 0 Å². The number of aryl methyl sites for hydroxylation is 1. The van der Waals surface area contributed by atoms with E-state index < -0.39 is 0 Å². The molecule has 0 fully saturated rings. The van der Waals surface area contributed by atoms with Gasteiger partial charge in [-0.05, 0) is 44.7 Å². The van der Waals surface area contributed by atoms with Crippen LogP contribution in [0.3, 0.4) is 0 Å². The molecule has 0 bridgehead atoms. The summed E-state index contributed by atoms with van der Waals surface area (Å²) >= 11 is 0. The summed E-state index contributed by atoms with van der Waals surface area (Å²) in [5, 5.41) is 2.93. The molecule has 1 aromatic carbocycles. The Labute approximate surface area is 128 Å². The van der Waals surface area contributed by atoms with Crippen LogP contribution in [-0.4, -0.2) is 24.6 Å². The van der Waals surface area contributed by atoms with Crippen molar-refractivity contribution in [2.45, 2.75) is 53.1 Å². The molecular formula is C17H28N2O2. The Balaban J connectivity index is 2.64. The monoisotopic (exact) mass is 292 g/mol. The topological polar surface area (TPSA) is 64.3 Å². The predicted molar refractivity (Wildman–Crippen MR) is 86.5 cm³/mol. The van der Waals surface area contributed by atoms with Gasteiger partial charge in [0.25, 0.3) is 5.91 Å². The first-order chi connectivity index (χ1) is 9.79. The molecule has 0 spiro atoms. The molecule has 0 saturated carbocycles. The van der Waals surface area contributed by atoms with Crippen molar-refractivity contribution in [3.05, 3.63) is 29.3 Å². The van der Waals surface area contributed by atoms with Gasteiger partial charge in [0, 0.05) is 12.1 Å². The van der Waals surface area contributed by atoms with Crippen molar-refractivity contribution in [2.75, 3.05) is 6.61 Å². The Morgan fingerprint density at radius 2 is 1.95 bits per heavy atom. The second kappa shape index (κ2) is 8.03. The van der Waals surface area contributed by atoms with Crippen molar-refractivity contribution in [1.29, 1.82) is 0 Å². The molecule has 0 aliphatic rings. The molecule has 0 saturated heterocycles. The van der Waals surface area contributed by atoms with Gasteiger partial charge < -0.3 is 15.8 Å². The molecule has 0 radical (unpaired) electrons. The van der Waals surface area contributed by atoms with Crippen molar-refractivity contribution in [3.8, 4) is 5.75 Å². The van der Waals surface area contributed by atoms with Crippen LogP contribution in [0.25, 0.3) is 0 Å². The summed E-state index contributed by atoms with van der Waals surface area (Å²) in [5.41, 5.74) is 8.08. The molecule has 3 N–H and O–H groups in total. The Kier molecular flexibility index (Phi) is 6.69. The smallest absolute Gasteiger partial charge is 0.258 e. The Bertz CT molecular complexity index is 470. The van der Waals surface area contributed by atoms with Crippen molar-refractivity contribution >= 4 is 5.91 Å². The Hall–Kier alpha value is -1.55. The van der Waals surface area contributed by atoms with Gasteiger partial charge in [0.15, 0.2) is 6.61 Å². The number of nitrogens with two attached hydrogens (primary N) is 1. The van der Waals surface area contributed by atoms with Gasteiger partial charge in [0.2, 0.25) is 0 Å². The molecule has 0 aliphatic heterocycles. The van der Waals surface area contributed by atoms with Crippen molar-refractivity contribution < 1.29 is 9.53 Å². The molecule has 1 aromatic rings. The summed E-state index contributed by atoms with van der Waals surface area (Å²) in [5.74, 6) is 1.05. The average Bonchev–Trinajstić information content (AvgIpc) is 2.36. The zero-order chi connectivity index (χ0) is 16.0. The first kappa shape index (κ1) is 17.5. The van der Waals surface area contributed by atoms with Crippen LogP contribution in [0.4, 0.5) is 0 Å². The Morgan fingerprint density at radius 1 is 1.29 bits per heavy atom. The number of carbonyl (C=O) groups excluding carboxylic acids is 1. The summed E-state index contributed by atoms with van der Waals surface area (Å²) in [4.78, 5) is 11.9. The number of ether oxygens (including phenoxy) is 1. The molecule has 0 aromatic heterocycles. The van der Waals surface area contributed by atoms with Gasteiger partial charge in [-0.15, -0.1) is 0 Å². The van der Waals surface area contributed by atoms with Gasteiger partial charge >= 0.3 is 0 Å². The van der Waals surface area contributed by atoms with Crippen LogP contribution >= 0.6 is 0 Å². The second-order valence-electron chi connectivity index (χ2n) is 6.18. The lowest BCUT2D eigenvalue weighted by atomic mass is 10.0. The van der Waals surface area contributed by atoms with Crippen LogP contribution in [0, 0.1) is 12.8 Å². The van der Waals surface area contributed by atoms with E-state index in [-0.39, 0.29) is 24.6 Å². The molecule has 4 nitrogen and oxygen atoms in total. The fourth-order valence-corrected chi connectivity index (χ4v) is 1.96. The molecule has 118 valence electrons. The summed E-state index contributed by atoms with van der Waals surface area (Å²) in [6.45, 7) is 10.2. The zero-order valence-electron chi connectivity index (χ0n) is 13.8. The van der Waals surface area contributed by atoms with Crippen LogP contribution in [0.1, 0.15) is 38.8 Å². The van der Waals surface area contributed by atoms with E-state index in [9.17, 15) is 4.79 Å². The van der Waals surface area contributed by atoms with E-state index in [1.165, 1.54) is 0 Å². The van der Waals surface area contributed by atoms with Crippen molar-refractivity contribution in [1.82, 2.24) is 5.32 Å². The van der Waals surface area contributed by atoms with E-state index >= 15 is 0 Å². The quantitative estimate of drug-likeness (QED) is 0.811. The highest BCUT2D eigenvalue weighted by molar-refractivity contribution is 5.77. The van der Waals surface area contributed by atoms with Crippen LogP contribution in [0.2, 0.25) is 0 Å². The number of carbonyl (C=O) groups is 1. The van der Waals surface area contributed by atoms with E-state index in [0.717, 1.165) is 23.3 Å². The number of hydrogen-bond acceptors (Lipinski definition) is 3. The van der Waals surface area contributed by atoms with Crippen LogP contribution < -0.4 is 15.8 Å². The molecule has 1 amide bonds. The Morgan fingerprint density at radius 3 is 2.52 bits per heavy atom. The lowest BCUT2D eigenvalue weighted by Crippen LogP contribution is -2.39. The summed E-state index contributed by atoms with van der Waals surface area (Å²) < 4.78 is 5.67. The van der Waals surface area contributed by atoms with Gasteiger partial charge in [-0.25, -0.2) is 0 Å². The van der Waals surface area contributed by atoms with E-state index in [2.05, 4.69) is 25.2 Å². The molecule has 0 heterocycles. The number of nitrogens with one attached hydrogen (secondary N) is 1. The maximum atomic E-state index is 11.9. The van der Waals surface area contributed by atoms with Crippen molar-refractivity contribution in [3.63, 3.8) is 0 Å². The molecule has 2 unspecified atom stereocenters. The fraction of sp³-hybridized carbons (Fsp3) is 0.588. The third-order valence-electron chi connectivity index (χ3n) is 3.51. The second-order valence-corrected chi connectivity index (χ2v) is 6.18. The molecule has 21 heavy (non-hydrogen) atoms. The highest BCUT2D eigenvalue weighted by Gasteiger charge is 2.12. The molecule has 2 atom stereocenters. The molecule has 0 aliphatic carbocycles. The highest BCUT2D eigenvalue weighted by Crippen LogP contribution is 2.21. The molecule has 1 rings (SSSR count). The number of amides is 1. The predicted octanol–water partition coefficient (Wildman–Crippen LogP) is 2.42. The summed E-state index contributed by atoms with van der Waals surface area (Å²) in [6.07, 6.45) is 0.737. The third kappa shape index (κ3) is 6.17. The van der Waals surface area contributed by atoms with Crippen molar-refractivity contribution in [2.24, 2.45) is 11.7 Å². The van der Waals surface area contributed by atoms with Gasteiger partial charge in [-0.1, -0.05) is 31.5 Å². The zero-order valence-corrected chi connectivity index (χ0v) is 13.8. The minimum atomic E-state index is -0.0940. The molecule has 4 heteroatoms. The van der Waals surface area contributed by atoms with Crippen LogP contribution in [-0.2, 0) is 11.2 Å². The lowest BCUT2D eigenvalue weighted by molar-refractivity contribution is -0.124. The van der Waals surface area contributed by atoms with E-state index in [0.29, 0.717) is 5.92 Å². The van der Waals surface area contributed by atoms with Crippen LogP contribution in [0.15, 0.2) is 18.2 Å². The maximum Gasteiger partial charge on any atom is 0.258 e. The van der Waals surface area contributed by atoms with Crippen LogP contribution in [0.5, 0.6) is 5.75 Å². The van der Waals surface area contributed by atoms with E-state index in [1.807, 2.05) is 32.9 Å². The lowest BCUT2D eigenvalue weighted by Gasteiger charge is -2.18. The number of benzene rings is 1. The maximum absolute atomic E-state index is 11.9. The normalized spacial score (nSPS) is 13.9. The van der Waals surface area contributed by atoms with Gasteiger partial charge in [0.05, 0.1) is 0 Å².